The molecule has 0 amide bonds. The first-order valence-corrected chi connectivity index (χ1v) is 5.78. The lowest BCUT2D eigenvalue weighted by Gasteiger charge is -2.19. The number of nitrogens with one attached hydrogen (secondary N) is 1. The van der Waals surface area contributed by atoms with E-state index in [-0.39, 0.29) is 0 Å². The van der Waals surface area contributed by atoms with E-state index >= 15 is 0 Å². The van der Waals surface area contributed by atoms with E-state index in [4.69, 9.17) is 4.74 Å². The summed E-state index contributed by atoms with van der Waals surface area (Å²) in [5, 5.41) is 7.74. The Morgan fingerprint density at radius 3 is 3.13 bits per heavy atom. The summed E-state index contributed by atoms with van der Waals surface area (Å²) in [6.45, 7) is 1.93. The molecule has 1 N–H and O–H groups in total. The summed E-state index contributed by atoms with van der Waals surface area (Å²) in [4.78, 5) is 0. The van der Waals surface area contributed by atoms with Crippen molar-refractivity contribution in [1.29, 1.82) is 0 Å². The molecule has 1 aromatic rings. The van der Waals surface area contributed by atoms with Crippen LogP contribution in [0.5, 0.6) is 0 Å². The Bertz CT molecular complexity index is 312. The zero-order valence-corrected chi connectivity index (χ0v) is 8.80. The number of fused-ring (bicyclic) bond motifs is 2. The van der Waals surface area contributed by atoms with Crippen LogP contribution in [0.3, 0.4) is 0 Å². The fraction of sp³-hybridized carbons (Fsp3) is 0.727. The Morgan fingerprint density at radius 1 is 1.47 bits per heavy atom. The van der Waals surface area contributed by atoms with Crippen LogP contribution in [0.15, 0.2) is 18.5 Å². The van der Waals surface area contributed by atoms with E-state index in [1.54, 1.807) is 0 Å². The van der Waals surface area contributed by atoms with Crippen LogP contribution in [0.2, 0.25) is 0 Å². The predicted octanol–water partition coefficient (Wildman–Crippen LogP) is 0.793. The van der Waals surface area contributed by atoms with Gasteiger partial charge in [0, 0.05) is 25.0 Å². The van der Waals surface area contributed by atoms with Crippen LogP contribution >= 0.6 is 0 Å². The van der Waals surface area contributed by atoms with E-state index in [0.717, 1.165) is 13.1 Å². The van der Waals surface area contributed by atoms with Crippen molar-refractivity contribution < 1.29 is 4.74 Å². The standard InChI is InChI=1S/C11H17N3O/c1-4-13-14(6-1)7-5-12-10-8-9-2-3-11(10)15-9/h1,4,6,9-12H,2-3,5,7-8H2. The van der Waals surface area contributed by atoms with Gasteiger partial charge in [-0.15, -0.1) is 0 Å². The molecule has 2 aliphatic rings. The number of rotatable bonds is 4. The highest BCUT2D eigenvalue weighted by Crippen LogP contribution is 2.34. The third-order valence-electron chi connectivity index (χ3n) is 3.41. The van der Waals surface area contributed by atoms with E-state index in [1.165, 1.54) is 19.3 Å². The molecule has 0 aromatic carbocycles. The number of hydrogen-bond acceptors (Lipinski definition) is 3. The van der Waals surface area contributed by atoms with Crippen molar-refractivity contribution in [3.05, 3.63) is 18.5 Å². The molecule has 3 heterocycles. The molecule has 2 aliphatic heterocycles. The predicted molar refractivity (Wildman–Crippen MR) is 56.5 cm³/mol. The smallest absolute Gasteiger partial charge is 0.0733 e. The molecule has 0 aliphatic carbocycles. The highest BCUT2D eigenvalue weighted by molar-refractivity contribution is 4.93. The van der Waals surface area contributed by atoms with E-state index in [9.17, 15) is 0 Å². The second-order valence-electron chi connectivity index (χ2n) is 4.44. The lowest BCUT2D eigenvalue weighted by atomic mass is 9.95. The summed E-state index contributed by atoms with van der Waals surface area (Å²) in [6.07, 6.45) is 8.54. The monoisotopic (exact) mass is 207 g/mol. The normalized spacial score (nSPS) is 33.7. The Labute approximate surface area is 89.6 Å². The molecule has 3 unspecified atom stereocenters. The Hall–Kier alpha value is -0.870. The van der Waals surface area contributed by atoms with Crippen LogP contribution in [0.4, 0.5) is 0 Å². The maximum Gasteiger partial charge on any atom is 0.0733 e. The van der Waals surface area contributed by atoms with Gasteiger partial charge in [-0.2, -0.15) is 5.10 Å². The first-order chi connectivity index (χ1) is 7.42. The molecule has 2 fully saturated rings. The number of hydrogen-bond donors (Lipinski definition) is 1. The van der Waals surface area contributed by atoms with Crippen LogP contribution in [-0.2, 0) is 11.3 Å². The fourth-order valence-electron chi connectivity index (χ4n) is 2.65. The van der Waals surface area contributed by atoms with Gasteiger partial charge in [0.2, 0.25) is 0 Å². The van der Waals surface area contributed by atoms with Crippen molar-refractivity contribution in [2.75, 3.05) is 6.54 Å². The third-order valence-corrected chi connectivity index (χ3v) is 3.41. The van der Waals surface area contributed by atoms with Crippen molar-refractivity contribution in [3.63, 3.8) is 0 Å². The first-order valence-electron chi connectivity index (χ1n) is 5.78. The SMILES string of the molecule is c1cnn(CCNC2CC3CCC2O3)c1. The molecule has 1 aromatic heterocycles. The van der Waals surface area contributed by atoms with Gasteiger partial charge in [-0.1, -0.05) is 0 Å². The average molecular weight is 207 g/mol. The number of nitrogens with zero attached hydrogens (tertiary/aromatic N) is 2. The van der Waals surface area contributed by atoms with E-state index in [0.29, 0.717) is 18.2 Å². The van der Waals surface area contributed by atoms with Gasteiger partial charge >= 0.3 is 0 Å². The molecule has 0 saturated carbocycles. The molecule has 82 valence electrons. The molecule has 15 heavy (non-hydrogen) atoms. The fourth-order valence-corrected chi connectivity index (χ4v) is 2.65. The first kappa shape index (κ1) is 9.36. The van der Waals surface area contributed by atoms with Gasteiger partial charge in [-0.05, 0) is 25.3 Å². The van der Waals surface area contributed by atoms with E-state index in [2.05, 4.69) is 10.4 Å². The molecule has 0 spiro atoms. The number of aromatic nitrogens is 2. The largest absolute Gasteiger partial charge is 0.373 e. The van der Waals surface area contributed by atoms with Crippen LogP contribution < -0.4 is 5.32 Å². The molecule has 4 heteroatoms. The summed E-state index contributed by atoms with van der Waals surface area (Å²) in [5.41, 5.74) is 0. The molecular weight excluding hydrogens is 190 g/mol. The quantitative estimate of drug-likeness (QED) is 0.793. The third kappa shape index (κ3) is 1.92. The zero-order chi connectivity index (χ0) is 10.1. The van der Waals surface area contributed by atoms with Crippen LogP contribution in [0.1, 0.15) is 19.3 Å². The average Bonchev–Trinajstić information content (AvgIpc) is 2.93. The maximum absolute atomic E-state index is 5.79. The second-order valence-corrected chi connectivity index (χ2v) is 4.44. The van der Waals surface area contributed by atoms with Crippen LogP contribution in [0.25, 0.3) is 0 Å². The minimum atomic E-state index is 0.479. The summed E-state index contributed by atoms with van der Waals surface area (Å²) >= 11 is 0. The van der Waals surface area contributed by atoms with Gasteiger partial charge in [0.05, 0.1) is 18.8 Å². The summed E-state index contributed by atoms with van der Waals surface area (Å²) in [6, 6.07) is 2.54. The molecule has 2 saturated heterocycles. The van der Waals surface area contributed by atoms with Crippen molar-refractivity contribution in [1.82, 2.24) is 15.1 Å². The summed E-state index contributed by atoms with van der Waals surface area (Å²) in [5.74, 6) is 0. The van der Waals surface area contributed by atoms with Crippen molar-refractivity contribution in [3.8, 4) is 0 Å². The van der Waals surface area contributed by atoms with Gasteiger partial charge in [-0.3, -0.25) is 4.68 Å². The lowest BCUT2D eigenvalue weighted by Crippen LogP contribution is -2.39. The van der Waals surface area contributed by atoms with Gasteiger partial charge in [-0.25, -0.2) is 0 Å². The Morgan fingerprint density at radius 2 is 2.47 bits per heavy atom. The molecule has 3 atom stereocenters. The van der Waals surface area contributed by atoms with Crippen molar-refractivity contribution in [2.24, 2.45) is 0 Å². The second kappa shape index (κ2) is 3.94. The van der Waals surface area contributed by atoms with Gasteiger partial charge in [0.1, 0.15) is 0 Å². The van der Waals surface area contributed by atoms with Crippen LogP contribution in [-0.4, -0.2) is 34.6 Å². The number of ether oxygens (including phenoxy) is 1. The lowest BCUT2D eigenvalue weighted by molar-refractivity contribution is 0.0973. The highest BCUT2D eigenvalue weighted by atomic mass is 16.5. The topological polar surface area (TPSA) is 39.1 Å². The zero-order valence-electron chi connectivity index (χ0n) is 8.80. The highest BCUT2D eigenvalue weighted by Gasteiger charge is 2.40. The molecule has 3 rings (SSSR count). The Kier molecular flexibility index (Phi) is 2.46. The maximum atomic E-state index is 5.79. The minimum Gasteiger partial charge on any atom is -0.373 e. The minimum absolute atomic E-state index is 0.479. The molecule has 0 radical (unpaired) electrons. The Balaban J connectivity index is 1.43. The van der Waals surface area contributed by atoms with Gasteiger partial charge in [0.15, 0.2) is 0 Å². The van der Waals surface area contributed by atoms with E-state index < -0.39 is 0 Å². The molecule has 4 nitrogen and oxygen atoms in total. The van der Waals surface area contributed by atoms with Gasteiger partial charge < -0.3 is 10.1 Å². The van der Waals surface area contributed by atoms with Crippen molar-refractivity contribution >= 4 is 0 Å². The summed E-state index contributed by atoms with van der Waals surface area (Å²) in [7, 11) is 0. The summed E-state index contributed by atoms with van der Waals surface area (Å²) < 4.78 is 7.75. The van der Waals surface area contributed by atoms with E-state index in [1.807, 2.05) is 23.1 Å². The molecular formula is C11H17N3O. The van der Waals surface area contributed by atoms with Gasteiger partial charge in [0.25, 0.3) is 0 Å². The van der Waals surface area contributed by atoms with Crippen LogP contribution in [0, 0.1) is 0 Å². The molecule has 2 bridgehead atoms. The van der Waals surface area contributed by atoms with Crippen molar-refractivity contribution in [2.45, 2.75) is 44.1 Å².